The highest BCUT2D eigenvalue weighted by Gasteiger charge is 2.52. The van der Waals surface area contributed by atoms with Gasteiger partial charge in [0, 0.05) is 18.5 Å². The van der Waals surface area contributed by atoms with Crippen LogP contribution in [-0.4, -0.2) is 67.5 Å². The summed E-state index contributed by atoms with van der Waals surface area (Å²) in [5, 5.41) is 15.3. The Morgan fingerprint density at radius 1 is 1.00 bits per heavy atom. The zero-order valence-electron chi connectivity index (χ0n) is 24.7. The first-order valence-electron chi connectivity index (χ1n) is 15.5. The van der Waals surface area contributed by atoms with Gasteiger partial charge in [-0.15, -0.1) is 10.2 Å². The number of nitrogens with one attached hydrogen (secondary N) is 2. The number of hydrogen-bond donors (Lipinski definition) is 2. The summed E-state index contributed by atoms with van der Waals surface area (Å²) in [6.45, 7) is 5.59. The minimum absolute atomic E-state index is 0.149. The molecule has 4 heterocycles. The Morgan fingerprint density at radius 2 is 1.74 bits per heavy atom. The monoisotopic (exact) mass is 596 g/mol. The molecule has 3 aromatic heterocycles. The van der Waals surface area contributed by atoms with Gasteiger partial charge in [-0.3, -0.25) is 14.2 Å². The second-order valence-corrected chi connectivity index (χ2v) is 11.7. The number of anilines is 2. The lowest BCUT2D eigenvalue weighted by Crippen LogP contribution is -2.34. The van der Waals surface area contributed by atoms with Crippen LogP contribution in [0, 0.1) is 5.92 Å². The maximum absolute atomic E-state index is 11.6. The van der Waals surface area contributed by atoms with Crippen molar-refractivity contribution in [3.05, 3.63) is 18.1 Å². The summed E-state index contributed by atoms with van der Waals surface area (Å²) in [5.41, 5.74) is 1.02. The number of carbonyl (C=O) groups is 2. The van der Waals surface area contributed by atoms with Gasteiger partial charge in [-0.1, -0.05) is 46.0 Å². The molecule has 2 saturated carbocycles. The Bertz CT molecular complexity index is 1380. The van der Waals surface area contributed by atoms with E-state index in [2.05, 4.69) is 39.7 Å². The fourth-order valence-electron chi connectivity index (χ4n) is 6.17. The first kappa shape index (κ1) is 29.3. The first-order valence-corrected chi connectivity index (χ1v) is 15.5. The van der Waals surface area contributed by atoms with Crippen LogP contribution in [0.4, 0.5) is 11.8 Å². The van der Waals surface area contributed by atoms with Crippen molar-refractivity contribution in [3.63, 3.8) is 0 Å². The fraction of sp³-hybridized carbons (Fsp3) is 0.690. The number of hydrogen-bond acceptors (Lipinski definition) is 13. The number of nitrogens with zero attached hydrogens (tertiary/aromatic N) is 6. The number of rotatable bonds is 15. The molecule has 0 bridgehead atoms. The number of fused-ring (bicyclic) bond motifs is 1. The van der Waals surface area contributed by atoms with E-state index in [9.17, 15) is 9.59 Å². The van der Waals surface area contributed by atoms with E-state index in [4.69, 9.17) is 28.6 Å². The van der Waals surface area contributed by atoms with Crippen molar-refractivity contribution < 1.29 is 28.2 Å². The molecule has 43 heavy (non-hydrogen) atoms. The topological polar surface area (TPSA) is 168 Å². The highest BCUT2D eigenvalue weighted by molar-refractivity contribution is 5.84. The summed E-state index contributed by atoms with van der Waals surface area (Å²) in [5.74, 6) is 2.67. The largest absolute Gasteiger partial charge is 0.457 e. The van der Waals surface area contributed by atoms with Crippen LogP contribution >= 0.6 is 0 Å². The van der Waals surface area contributed by atoms with E-state index in [1.54, 1.807) is 10.9 Å². The molecule has 0 unspecified atom stereocenters. The Morgan fingerprint density at radius 3 is 2.47 bits per heavy atom. The second-order valence-electron chi connectivity index (χ2n) is 11.7. The number of ether oxygens (including phenoxy) is 3. The van der Waals surface area contributed by atoms with Crippen LogP contribution in [0.15, 0.2) is 10.7 Å². The third-order valence-electron chi connectivity index (χ3n) is 8.82. The van der Waals surface area contributed by atoms with Crippen molar-refractivity contribution in [2.24, 2.45) is 5.92 Å². The highest BCUT2D eigenvalue weighted by atomic mass is 16.6. The summed E-state index contributed by atoms with van der Waals surface area (Å²) >= 11 is 0. The summed E-state index contributed by atoms with van der Waals surface area (Å²) in [6.07, 6.45) is 8.86. The molecule has 0 spiro atoms. The van der Waals surface area contributed by atoms with Crippen LogP contribution in [0.2, 0.25) is 0 Å². The van der Waals surface area contributed by atoms with Gasteiger partial charge in [-0.05, 0) is 38.0 Å². The quantitative estimate of drug-likeness (QED) is 0.237. The van der Waals surface area contributed by atoms with Gasteiger partial charge in [-0.25, -0.2) is 4.98 Å². The molecule has 1 aliphatic heterocycles. The fourth-order valence-corrected chi connectivity index (χ4v) is 6.17. The Labute approximate surface area is 249 Å². The Balaban J connectivity index is 1.33. The smallest absolute Gasteiger partial charge is 0.293 e. The molecule has 0 aromatic carbocycles. The Kier molecular flexibility index (Phi) is 9.00. The molecule has 2 aliphatic carbocycles. The molecule has 232 valence electrons. The minimum Gasteiger partial charge on any atom is -0.457 e. The third kappa shape index (κ3) is 6.29. The lowest BCUT2D eigenvalue weighted by atomic mass is 9.87. The number of imidazole rings is 1. The van der Waals surface area contributed by atoms with Crippen LogP contribution in [0.25, 0.3) is 11.2 Å². The van der Waals surface area contributed by atoms with E-state index < -0.39 is 24.5 Å². The van der Waals surface area contributed by atoms with Gasteiger partial charge >= 0.3 is 0 Å². The molecule has 3 aromatic rings. The van der Waals surface area contributed by atoms with Crippen molar-refractivity contribution in [2.75, 3.05) is 17.2 Å². The van der Waals surface area contributed by atoms with Gasteiger partial charge in [0.1, 0.15) is 0 Å². The van der Waals surface area contributed by atoms with Gasteiger partial charge < -0.3 is 29.3 Å². The van der Waals surface area contributed by atoms with E-state index >= 15 is 0 Å². The molecule has 0 radical (unpaired) electrons. The SMILES string of the molecule is CCC(CC)Nc1nc(NCCC2CCCCC2)nc2c1ncn2[C@@H]1O[C@H](c2nnc(C3CC3)o2)[C@@H](OC=O)[C@H]1OC=O. The van der Waals surface area contributed by atoms with Gasteiger partial charge in [-0.2, -0.15) is 9.97 Å². The lowest BCUT2D eigenvalue weighted by molar-refractivity contribution is -0.151. The van der Waals surface area contributed by atoms with Gasteiger partial charge in [0.15, 0.2) is 41.5 Å². The average molecular weight is 597 g/mol. The van der Waals surface area contributed by atoms with Crippen LogP contribution in [0.5, 0.6) is 0 Å². The summed E-state index contributed by atoms with van der Waals surface area (Å²) in [4.78, 5) is 37.4. The zero-order valence-corrected chi connectivity index (χ0v) is 24.7. The number of carbonyl (C=O) groups excluding carboxylic acids is 2. The molecule has 2 N–H and O–H groups in total. The third-order valence-corrected chi connectivity index (χ3v) is 8.82. The number of aromatic nitrogens is 6. The normalized spacial score (nSPS) is 24.3. The van der Waals surface area contributed by atoms with Crippen molar-refractivity contribution in [3.8, 4) is 0 Å². The van der Waals surface area contributed by atoms with Gasteiger partial charge in [0.2, 0.25) is 17.7 Å². The molecule has 6 rings (SSSR count). The lowest BCUT2D eigenvalue weighted by Gasteiger charge is -2.22. The van der Waals surface area contributed by atoms with Crippen LogP contribution in [-0.2, 0) is 23.8 Å². The van der Waals surface area contributed by atoms with E-state index in [0.29, 0.717) is 47.7 Å². The Hall–Kier alpha value is -3.81. The van der Waals surface area contributed by atoms with Crippen LogP contribution in [0.3, 0.4) is 0 Å². The van der Waals surface area contributed by atoms with Crippen molar-refractivity contribution in [2.45, 2.75) is 115 Å². The maximum Gasteiger partial charge on any atom is 0.293 e. The van der Waals surface area contributed by atoms with E-state index in [-0.39, 0.29) is 17.9 Å². The van der Waals surface area contributed by atoms with Crippen molar-refractivity contribution in [1.82, 2.24) is 29.7 Å². The van der Waals surface area contributed by atoms with E-state index in [0.717, 1.165) is 38.6 Å². The van der Waals surface area contributed by atoms with E-state index in [1.807, 2.05) is 0 Å². The molecule has 14 nitrogen and oxygen atoms in total. The van der Waals surface area contributed by atoms with Gasteiger partial charge in [0.05, 0.1) is 6.33 Å². The molecule has 3 aliphatic rings. The first-order chi connectivity index (χ1) is 21.1. The maximum atomic E-state index is 11.6. The summed E-state index contributed by atoms with van der Waals surface area (Å²) in [7, 11) is 0. The summed E-state index contributed by atoms with van der Waals surface area (Å²) < 4.78 is 24.8. The predicted molar refractivity (Wildman–Crippen MR) is 154 cm³/mol. The molecule has 14 heteroatoms. The average Bonchev–Trinajstić information content (AvgIpc) is 3.44. The second kappa shape index (κ2) is 13.2. The van der Waals surface area contributed by atoms with Crippen LogP contribution in [0.1, 0.15) is 108 Å². The van der Waals surface area contributed by atoms with Crippen molar-refractivity contribution >= 4 is 35.9 Å². The predicted octanol–water partition coefficient (Wildman–Crippen LogP) is 4.42. The molecule has 4 atom stereocenters. The molecule has 3 fully saturated rings. The van der Waals surface area contributed by atoms with Crippen molar-refractivity contribution in [1.29, 1.82) is 0 Å². The molecule has 1 saturated heterocycles. The summed E-state index contributed by atoms with van der Waals surface area (Å²) in [6, 6.07) is 0.195. The van der Waals surface area contributed by atoms with Crippen LogP contribution < -0.4 is 10.6 Å². The molecular formula is C29H40N8O6. The molecule has 0 amide bonds. The van der Waals surface area contributed by atoms with E-state index in [1.165, 1.54) is 32.1 Å². The highest BCUT2D eigenvalue weighted by Crippen LogP contribution is 2.45. The minimum atomic E-state index is -1.03. The standard InChI is InChI=1S/C29H40N8O6/c1-3-19(4-2)32-24-20-25(34-29(33-24)30-13-12-17-8-6-5-7-9-17)37(14-31-20)28-23(41-16-39)21(40-15-38)22(42-28)27-36-35-26(43-27)18-10-11-18/h14-19,21-23,28H,3-13H2,1-2H3,(H2,30,32,33,34)/t21-,22+,23-,28-/m1/s1. The molecular weight excluding hydrogens is 556 g/mol. The van der Waals surface area contributed by atoms with Gasteiger partial charge in [0.25, 0.3) is 12.9 Å². The zero-order chi connectivity index (χ0) is 29.8.